The van der Waals surface area contributed by atoms with Gasteiger partial charge >= 0.3 is 0 Å². The highest BCUT2D eigenvalue weighted by atomic mass is 35.5. The molecule has 1 amide bonds. The number of nitrogens with one attached hydrogen (secondary N) is 1. The smallest absolute Gasteiger partial charge is 0.260 e. The van der Waals surface area contributed by atoms with Crippen molar-refractivity contribution in [3.63, 3.8) is 0 Å². The van der Waals surface area contributed by atoms with Gasteiger partial charge in [-0.3, -0.25) is 4.79 Å². The summed E-state index contributed by atoms with van der Waals surface area (Å²) in [5.41, 5.74) is 3.09. The van der Waals surface area contributed by atoms with Crippen molar-refractivity contribution in [2.75, 3.05) is 5.32 Å². The van der Waals surface area contributed by atoms with E-state index in [0.717, 1.165) is 21.8 Å². The van der Waals surface area contributed by atoms with E-state index >= 15 is 0 Å². The molecule has 144 valence electrons. The number of nitrogens with zero attached hydrogens (tertiary/aromatic N) is 1. The molecule has 0 aliphatic heterocycles. The van der Waals surface area contributed by atoms with Gasteiger partial charge < -0.3 is 5.32 Å². The third-order valence-corrected chi connectivity index (χ3v) is 5.68. The van der Waals surface area contributed by atoms with Crippen molar-refractivity contribution in [3.05, 3.63) is 93.5 Å². The zero-order valence-electron chi connectivity index (χ0n) is 14.8. The predicted octanol–water partition coefficient (Wildman–Crippen LogP) is 7.18. The van der Waals surface area contributed by atoms with Gasteiger partial charge in [-0.2, -0.15) is 0 Å². The molecule has 0 fully saturated rings. The SMILES string of the molecule is O=C(Nc1ccc(-c2csc(-c3ccc(Cl)cc3)n2)cc1)c1c(F)cccc1Cl. The molecule has 29 heavy (non-hydrogen) atoms. The highest BCUT2D eigenvalue weighted by molar-refractivity contribution is 7.13. The van der Waals surface area contributed by atoms with E-state index in [9.17, 15) is 9.18 Å². The largest absolute Gasteiger partial charge is 0.322 e. The van der Waals surface area contributed by atoms with Gasteiger partial charge in [0.15, 0.2) is 0 Å². The van der Waals surface area contributed by atoms with Gasteiger partial charge in [-0.25, -0.2) is 9.37 Å². The lowest BCUT2D eigenvalue weighted by Crippen LogP contribution is -2.14. The molecule has 0 radical (unpaired) electrons. The van der Waals surface area contributed by atoms with Crippen molar-refractivity contribution >= 4 is 46.1 Å². The number of carbonyl (C=O) groups is 1. The standard InChI is InChI=1S/C22H13Cl2FN2OS/c23-15-8-4-14(5-9-15)22-27-19(12-29-22)13-6-10-16(11-7-13)26-21(28)20-17(24)2-1-3-18(20)25/h1-12H,(H,26,28). The van der Waals surface area contributed by atoms with E-state index < -0.39 is 11.7 Å². The van der Waals surface area contributed by atoms with E-state index in [1.165, 1.54) is 29.5 Å². The lowest BCUT2D eigenvalue weighted by molar-refractivity contribution is 0.102. The molecule has 3 aromatic carbocycles. The highest BCUT2D eigenvalue weighted by Crippen LogP contribution is 2.30. The van der Waals surface area contributed by atoms with Crippen LogP contribution in [0.4, 0.5) is 10.1 Å². The Morgan fingerprint density at radius 2 is 1.62 bits per heavy atom. The van der Waals surface area contributed by atoms with Crippen LogP contribution >= 0.6 is 34.5 Å². The van der Waals surface area contributed by atoms with Crippen molar-refractivity contribution in [2.24, 2.45) is 0 Å². The van der Waals surface area contributed by atoms with E-state index in [-0.39, 0.29) is 10.6 Å². The Morgan fingerprint density at radius 3 is 2.31 bits per heavy atom. The van der Waals surface area contributed by atoms with E-state index in [2.05, 4.69) is 10.3 Å². The lowest BCUT2D eigenvalue weighted by Gasteiger charge is -2.08. The van der Waals surface area contributed by atoms with Crippen molar-refractivity contribution in [3.8, 4) is 21.8 Å². The van der Waals surface area contributed by atoms with Crippen LogP contribution in [0.25, 0.3) is 21.8 Å². The second-order valence-electron chi connectivity index (χ2n) is 6.17. The number of amides is 1. The summed E-state index contributed by atoms with van der Waals surface area (Å²) in [6, 6.07) is 18.8. The van der Waals surface area contributed by atoms with Gasteiger partial charge in [-0.1, -0.05) is 53.5 Å². The maximum Gasteiger partial charge on any atom is 0.260 e. The number of benzene rings is 3. The van der Waals surface area contributed by atoms with Gasteiger partial charge in [0.2, 0.25) is 0 Å². The average Bonchev–Trinajstić information content (AvgIpc) is 3.19. The topological polar surface area (TPSA) is 42.0 Å². The number of halogens is 3. The van der Waals surface area contributed by atoms with Crippen molar-refractivity contribution < 1.29 is 9.18 Å². The van der Waals surface area contributed by atoms with Crippen molar-refractivity contribution in [1.82, 2.24) is 4.98 Å². The monoisotopic (exact) mass is 442 g/mol. The highest BCUT2D eigenvalue weighted by Gasteiger charge is 2.16. The first-order chi connectivity index (χ1) is 14.0. The lowest BCUT2D eigenvalue weighted by atomic mass is 10.1. The number of hydrogen-bond acceptors (Lipinski definition) is 3. The summed E-state index contributed by atoms with van der Waals surface area (Å²) in [7, 11) is 0. The van der Waals surface area contributed by atoms with Crippen molar-refractivity contribution in [2.45, 2.75) is 0 Å². The number of aromatic nitrogens is 1. The summed E-state index contributed by atoms with van der Waals surface area (Å²) >= 11 is 13.4. The van der Waals surface area contributed by atoms with Crippen LogP contribution in [-0.2, 0) is 0 Å². The molecule has 1 N–H and O–H groups in total. The van der Waals surface area contributed by atoms with Crippen LogP contribution < -0.4 is 5.32 Å². The van der Waals surface area contributed by atoms with Crippen molar-refractivity contribution in [1.29, 1.82) is 0 Å². The fraction of sp³-hybridized carbons (Fsp3) is 0. The minimum Gasteiger partial charge on any atom is -0.322 e. The minimum absolute atomic E-state index is 0.0660. The predicted molar refractivity (Wildman–Crippen MR) is 117 cm³/mol. The molecule has 1 aromatic heterocycles. The number of carbonyl (C=O) groups excluding carboxylic acids is 1. The fourth-order valence-electron chi connectivity index (χ4n) is 2.76. The summed E-state index contributed by atoms with van der Waals surface area (Å²) < 4.78 is 13.9. The average molecular weight is 443 g/mol. The maximum absolute atomic E-state index is 13.9. The normalized spacial score (nSPS) is 10.7. The second-order valence-corrected chi connectivity index (χ2v) is 7.87. The Balaban J connectivity index is 1.51. The van der Waals surface area contributed by atoms with Gasteiger partial charge in [-0.05, 0) is 36.4 Å². The minimum atomic E-state index is -0.663. The molecule has 4 rings (SSSR count). The Bertz CT molecular complexity index is 1150. The van der Waals surface area contributed by atoms with Crippen LogP contribution in [0.1, 0.15) is 10.4 Å². The van der Waals surface area contributed by atoms with E-state index in [1.54, 1.807) is 12.1 Å². The molecule has 0 saturated carbocycles. The summed E-state index contributed by atoms with van der Waals surface area (Å²) in [6.45, 7) is 0. The van der Waals surface area contributed by atoms with Gasteiger partial charge in [-0.15, -0.1) is 11.3 Å². The molecule has 7 heteroatoms. The zero-order valence-corrected chi connectivity index (χ0v) is 17.2. The molecular formula is C22H13Cl2FN2OS. The van der Waals surface area contributed by atoms with Crippen LogP contribution in [0.5, 0.6) is 0 Å². The second kappa shape index (κ2) is 8.33. The van der Waals surface area contributed by atoms with Crippen LogP contribution in [0, 0.1) is 5.82 Å². The summed E-state index contributed by atoms with van der Waals surface area (Å²) in [5.74, 6) is -1.26. The molecule has 0 aliphatic rings. The van der Waals surface area contributed by atoms with Crippen LogP contribution in [0.15, 0.2) is 72.1 Å². The first kappa shape index (κ1) is 19.6. The van der Waals surface area contributed by atoms with E-state index in [1.807, 2.05) is 41.8 Å². The van der Waals surface area contributed by atoms with Gasteiger partial charge in [0.1, 0.15) is 10.8 Å². The molecule has 0 atom stereocenters. The van der Waals surface area contributed by atoms with Gasteiger partial charge in [0.05, 0.1) is 16.3 Å². The first-order valence-electron chi connectivity index (χ1n) is 8.58. The number of thiazole rings is 1. The maximum atomic E-state index is 13.9. The molecular weight excluding hydrogens is 430 g/mol. The van der Waals surface area contributed by atoms with E-state index in [0.29, 0.717) is 10.7 Å². The third-order valence-electron chi connectivity index (χ3n) is 4.22. The summed E-state index contributed by atoms with van der Waals surface area (Å²) in [5, 5.41) is 6.27. The van der Waals surface area contributed by atoms with Gasteiger partial charge in [0, 0.05) is 27.2 Å². The van der Waals surface area contributed by atoms with Crippen LogP contribution in [0.2, 0.25) is 10.0 Å². The molecule has 3 nitrogen and oxygen atoms in total. The molecule has 4 aromatic rings. The molecule has 1 heterocycles. The summed E-state index contributed by atoms with van der Waals surface area (Å²) in [6.07, 6.45) is 0. The summed E-state index contributed by atoms with van der Waals surface area (Å²) in [4.78, 5) is 17.0. The Kier molecular flexibility index (Phi) is 5.62. The van der Waals surface area contributed by atoms with Gasteiger partial charge in [0.25, 0.3) is 5.91 Å². The third kappa shape index (κ3) is 4.32. The molecule has 0 aliphatic carbocycles. The first-order valence-corrected chi connectivity index (χ1v) is 10.2. The Morgan fingerprint density at radius 1 is 0.931 bits per heavy atom. The molecule has 0 spiro atoms. The fourth-order valence-corrected chi connectivity index (χ4v) is 3.97. The Labute approximate surface area is 180 Å². The molecule has 0 saturated heterocycles. The number of anilines is 1. The van der Waals surface area contributed by atoms with Crippen LogP contribution in [0.3, 0.4) is 0 Å². The number of rotatable bonds is 4. The van der Waals surface area contributed by atoms with E-state index in [4.69, 9.17) is 23.2 Å². The van der Waals surface area contributed by atoms with Crippen LogP contribution in [-0.4, -0.2) is 10.9 Å². The molecule has 0 unspecified atom stereocenters. The quantitative estimate of drug-likeness (QED) is 0.363. The number of hydrogen-bond donors (Lipinski definition) is 1. The molecule has 0 bridgehead atoms. The Hall–Kier alpha value is -2.73. The zero-order chi connectivity index (χ0) is 20.4.